The zero-order valence-corrected chi connectivity index (χ0v) is 14.3. The molecule has 2 fully saturated rings. The third kappa shape index (κ3) is 4.10. The number of carbonyl (C=O) groups is 3. The quantitative estimate of drug-likeness (QED) is 0.847. The number of rotatable bonds is 5. The molecular weight excluding hydrogens is 322 g/mol. The largest absolute Gasteiger partial charge is 0.442 e. The number of carbonyl (C=O) groups excluding carboxylic acids is 3. The Morgan fingerprint density at radius 3 is 2.72 bits per heavy atom. The van der Waals surface area contributed by atoms with E-state index >= 15 is 0 Å². The molecule has 2 aliphatic heterocycles. The van der Waals surface area contributed by atoms with Crippen molar-refractivity contribution < 1.29 is 19.1 Å². The number of piperidine rings is 1. The van der Waals surface area contributed by atoms with E-state index in [9.17, 15) is 14.4 Å². The molecule has 0 bridgehead atoms. The Balaban J connectivity index is 1.59. The molecule has 3 rings (SSSR count). The maximum atomic E-state index is 12.1. The Kier molecular flexibility index (Phi) is 5.21. The van der Waals surface area contributed by atoms with Crippen LogP contribution in [0.25, 0.3) is 0 Å². The summed E-state index contributed by atoms with van der Waals surface area (Å²) in [6.45, 7) is 3.18. The minimum absolute atomic E-state index is 0.0570. The topological polar surface area (TPSA) is 87.7 Å². The first-order valence-electron chi connectivity index (χ1n) is 8.68. The van der Waals surface area contributed by atoms with Gasteiger partial charge in [-0.2, -0.15) is 0 Å². The molecule has 0 aliphatic carbocycles. The number of nitrogens with zero attached hydrogens (tertiary/aromatic N) is 1. The van der Waals surface area contributed by atoms with Crippen molar-refractivity contribution in [2.75, 3.05) is 24.5 Å². The van der Waals surface area contributed by atoms with Crippen molar-refractivity contribution in [2.24, 2.45) is 0 Å². The fraction of sp³-hybridized carbons (Fsp3) is 0.500. The Labute approximate surface area is 146 Å². The van der Waals surface area contributed by atoms with E-state index in [2.05, 4.69) is 10.6 Å². The van der Waals surface area contributed by atoms with Gasteiger partial charge in [0.2, 0.25) is 11.8 Å². The van der Waals surface area contributed by atoms with Crippen LogP contribution in [-0.2, 0) is 14.3 Å². The fourth-order valence-electron chi connectivity index (χ4n) is 3.14. The summed E-state index contributed by atoms with van der Waals surface area (Å²) >= 11 is 0. The Bertz CT molecular complexity index is 649. The Morgan fingerprint density at radius 1 is 1.32 bits per heavy atom. The average molecular weight is 345 g/mol. The zero-order valence-electron chi connectivity index (χ0n) is 14.3. The molecule has 1 aromatic rings. The molecule has 2 atom stereocenters. The van der Waals surface area contributed by atoms with Crippen LogP contribution in [0.1, 0.15) is 37.7 Å². The maximum Gasteiger partial charge on any atom is 0.414 e. The number of benzene rings is 1. The summed E-state index contributed by atoms with van der Waals surface area (Å²) in [7, 11) is 0. The van der Waals surface area contributed by atoms with Crippen molar-refractivity contribution in [3.05, 3.63) is 29.8 Å². The summed E-state index contributed by atoms with van der Waals surface area (Å²) in [5, 5.41) is 5.63. The molecule has 7 nitrogen and oxygen atoms in total. The molecule has 2 aliphatic rings. The lowest BCUT2D eigenvalue weighted by Crippen LogP contribution is -2.34. The number of nitrogens with one attached hydrogen (secondary N) is 2. The van der Waals surface area contributed by atoms with Crippen LogP contribution in [0.5, 0.6) is 0 Å². The first-order valence-corrected chi connectivity index (χ1v) is 8.68. The van der Waals surface area contributed by atoms with Crippen LogP contribution in [-0.4, -0.2) is 43.6 Å². The normalized spacial score (nSPS) is 23.2. The zero-order chi connectivity index (χ0) is 17.8. The predicted octanol–water partition coefficient (Wildman–Crippen LogP) is 1.53. The summed E-state index contributed by atoms with van der Waals surface area (Å²) < 4.78 is 5.31. The van der Waals surface area contributed by atoms with Gasteiger partial charge in [0.25, 0.3) is 0 Å². The van der Waals surface area contributed by atoms with E-state index in [1.165, 1.54) is 0 Å². The summed E-state index contributed by atoms with van der Waals surface area (Å²) in [6, 6.07) is 7.80. The molecule has 3 amide bonds. The van der Waals surface area contributed by atoms with E-state index < -0.39 is 6.09 Å². The Morgan fingerprint density at radius 2 is 2.08 bits per heavy atom. The summed E-state index contributed by atoms with van der Waals surface area (Å²) in [5.74, 6) is 0.363. The second-order valence-corrected chi connectivity index (χ2v) is 6.41. The number of ether oxygens (including phenoxy) is 1. The van der Waals surface area contributed by atoms with Gasteiger partial charge in [-0.25, -0.2) is 4.79 Å². The van der Waals surface area contributed by atoms with E-state index in [0.29, 0.717) is 38.4 Å². The van der Waals surface area contributed by atoms with E-state index in [1.54, 1.807) is 11.8 Å². The maximum absolute atomic E-state index is 12.1. The van der Waals surface area contributed by atoms with Crippen LogP contribution in [0.3, 0.4) is 0 Å². The molecule has 7 heteroatoms. The van der Waals surface area contributed by atoms with Gasteiger partial charge in [0, 0.05) is 31.0 Å². The third-order valence-corrected chi connectivity index (χ3v) is 4.66. The monoisotopic (exact) mass is 345 g/mol. The minimum Gasteiger partial charge on any atom is -0.442 e. The van der Waals surface area contributed by atoms with Crippen molar-refractivity contribution in [1.82, 2.24) is 10.6 Å². The summed E-state index contributed by atoms with van der Waals surface area (Å²) in [6.07, 6.45) is 1.07. The number of hydrogen-bond acceptors (Lipinski definition) is 4. The summed E-state index contributed by atoms with van der Waals surface area (Å²) in [4.78, 5) is 36.2. The lowest BCUT2D eigenvalue weighted by molar-refractivity contribution is -0.122. The van der Waals surface area contributed by atoms with Gasteiger partial charge in [0.05, 0.1) is 13.1 Å². The van der Waals surface area contributed by atoms with E-state index in [0.717, 1.165) is 17.7 Å². The van der Waals surface area contributed by atoms with Gasteiger partial charge in [0.1, 0.15) is 6.10 Å². The molecule has 2 saturated heterocycles. The van der Waals surface area contributed by atoms with Crippen molar-refractivity contribution >= 4 is 23.6 Å². The number of amides is 3. The number of anilines is 1. The van der Waals surface area contributed by atoms with Gasteiger partial charge in [-0.15, -0.1) is 0 Å². The van der Waals surface area contributed by atoms with E-state index in [4.69, 9.17) is 4.74 Å². The first-order chi connectivity index (χ1) is 12.1. The van der Waals surface area contributed by atoms with Crippen molar-refractivity contribution in [2.45, 2.75) is 38.2 Å². The number of cyclic esters (lactones) is 1. The van der Waals surface area contributed by atoms with E-state index in [-0.39, 0.29) is 17.9 Å². The van der Waals surface area contributed by atoms with Gasteiger partial charge >= 0.3 is 6.09 Å². The molecule has 0 saturated carbocycles. The van der Waals surface area contributed by atoms with Gasteiger partial charge in [-0.1, -0.05) is 19.1 Å². The predicted molar refractivity (Wildman–Crippen MR) is 92.3 cm³/mol. The lowest BCUT2D eigenvalue weighted by Gasteiger charge is -2.23. The van der Waals surface area contributed by atoms with Crippen LogP contribution in [0.4, 0.5) is 10.5 Å². The fourth-order valence-corrected chi connectivity index (χ4v) is 3.14. The molecule has 0 radical (unpaired) electrons. The second-order valence-electron chi connectivity index (χ2n) is 6.41. The van der Waals surface area contributed by atoms with Crippen LogP contribution >= 0.6 is 0 Å². The minimum atomic E-state index is -0.395. The highest BCUT2D eigenvalue weighted by molar-refractivity contribution is 5.89. The molecule has 25 heavy (non-hydrogen) atoms. The third-order valence-electron chi connectivity index (χ3n) is 4.66. The van der Waals surface area contributed by atoms with Gasteiger partial charge in [0.15, 0.2) is 0 Å². The van der Waals surface area contributed by atoms with Gasteiger partial charge in [-0.3, -0.25) is 14.5 Å². The molecule has 2 heterocycles. The standard InChI is InChI=1S/C18H23N3O4/c1-2-16(22)20-10-15-11-21(18(24)25-15)14-6-3-12(4-7-14)13-5-8-17(23)19-9-13/h3-4,6-7,13,15H,2,5,8-11H2,1H3,(H,19,23)(H,20,22)/t13?,15-/m0/s1. The SMILES string of the molecule is CCC(=O)NC[C@H]1CN(c2ccc(C3CCC(=O)NC3)cc2)C(=O)O1. The first kappa shape index (κ1) is 17.3. The van der Waals surface area contributed by atoms with Crippen molar-refractivity contribution in [3.8, 4) is 0 Å². The molecule has 134 valence electrons. The highest BCUT2D eigenvalue weighted by Gasteiger charge is 2.32. The van der Waals surface area contributed by atoms with Crippen LogP contribution < -0.4 is 15.5 Å². The van der Waals surface area contributed by atoms with E-state index in [1.807, 2.05) is 24.3 Å². The smallest absolute Gasteiger partial charge is 0.414 e. The molecule has 2 N–H and O–H groups in total. The Hall–Kier alpha value is -2.57. The van der Waals surface area contributed by atoms with Crippen LogP contribution in [0, 0.1) is 0 Å². The molecule has 1 aromatic carbocycles. The molecule has 0 spiro atoms. The average Bonchev–Trinajstić information content (AvgIpc) is 3.01. The highest BCUT2D eigenvalue weighted by Crippen LogP contribution is 2.27. The summed E-state index contributed by atoms with van der Waals surface area (Å²) in [5.41, 5.74) is 1.93. The van der Waals surface area contributed by atoms with Crippen LogP contribution in [0.2, 0.25) is 0 Å². The highest BCUT2D eigenvalue weighted by atomic mass is 16.6. The molecule has 1 unspecified atom stereocenters. The van der Waals surface area contributed by atoms with Crippen molar-refractivity contribution in [1.29, 1.82) is 0 Å². The second kappa shape index (κ2) is 7.55. The van der Waals surface area contributed by atoms with Crippen molar-refractivity contribution in [3.63, 3.8) is 0 Å². The van der Waals surface area contributed by atoms with Gasteiger partial charge < -0.3 is 15.4 Å². The van der Waals surface area contributed by atoms with Gasteiger partial charge in [-0.05, 0) is 24.1 Å². The number of hydrogen-bond donors (Lipinski definition) is 2. The lowest BCUT2D eigenvalue weighted by atomic mass is 9.91. The van der Waals surface area contributed by atoms with Crippen LogP contribution in [0.15, 0.2) is 24.3 Å². The molecule has 0 aromatic heterocycles. The molecular formula is C18H23N3O4.